The summed E-state index contributed by atoms with van der Waals surface area (Å²) < 4.78 is 9.38. The van der Waals surface area contributed by atoms with Crippen LogP contribution in [-0.4, -0.2) is 23.6 Å². The number of nitrogen functional groups attached to an aromatic ring is 1. The van der Waals surface area contributed by atoms with Crippen LogP contribution in [0.2, 0.25) is 0 Å². The highest BCUT2D eigenvalue weighted by Gasteiger charge is 2.48. The molecule has 1 saturated carbocycles. The van der Waals surface area contributed by atoms with Crippen molar-refractivity contribution in [3.63, 3.8) is 0 Å². The van der Waals surface area contributed by atoms with Crippen LogP contribution in [0.5, 0.6) is 0 Å². The number of hydrogen-bond donors (Lipinski definition) is 2. The van der Waals surface area contributed by atoms with Crippen molar-refractivity contribution in [2.75, 3.05) is 18.2 Å². The molecule has 3 N–H and O–H groups in total. The number of nitrogens with one attached hydrogen (secondary N) is 1. The summed E-state index contributed by atoms with van der Waals surface area (Å²) in [7, 11) is 1.73. The Hall–Kier alpha value is -1.32. The number of rotatable bonds is 3. The van der Waals surface area contributed by atoms with Gasteiger partial charge in [-0.3, -0.25) is 0 Å². The predicted octanol–water partition coefficient (Wildman–Crippen LogP) is 1.82. The van der Waals surface area contributed by atoms with Crippen molar-refractivity contribution >= 4 is 22.4 Å². The lowest BCUT2D eigenvalue weighted by atomic mass is 9.64. The topological polar surface area (TPSA) is 84.0 Å². The SMILES string of the molecule is COC1CC(Nc2snc(N)c2C#N)C1(C)C. The van der Waals surface area contributed by atoms with Crippen LogP contribution in [0.25, 0.3) is 0 Å². The Labute approximate surface area is 105 Å². The van der Waals surface area contributed by atoms with Gasteiger partial charge in [-0.25, -0.2) is 0 Å². The molecule has 0 bridgehead atoms. The van der Waals surface area contributed by atoms with Crippen molar-refractivity contribution in [2.45, 2.75) is 32.4 Å². The largest absolute Gasteiger partial charge is 0.382 e. The maximum Gasteiger partial charge on any atom is 0.157 e. The molecule has 1 fully saturated rings. The summed E-state index contributed by atoms with van der Waals surface area (Å²) in [5, 5.41) is 13.1. The van der Waals surface area contributed by atoms with Crippen LogP contribution in [0.3, 0.4) is 0 Å². The third-order valence-corrected chi connectivity index (χ3v) is 4.39. The van der Waals surface area contributed by atoms with Crippen molar-refractivity contribution in [1.82, 2.24) is 4.37 Å². The van der Waals surface area contributed by atoms with E-state index >= 15 is 0 Å². The molecule has 0 radical (unpaired) electrons. The van der Waals surface area contributed by atoms with E-state index in [1.165, 1.54) is 11.5 Å². The fraction of sp³-hybridized carbons (Fsp3) is 0.636. The molecular weight excluding hydrogens is 236 g/mol. The summed E-state index contributed by atoms with van der Waals surface area (Å²) in [6.45, 7) is 4.30. The van der Waals surface area contributed by atoms with Crippen LogP contribution in [-0.2, 0) is 4.74 Å². The first-order valence-corrected chi connectivity index (χ1v) is 6.22. The first-order chi connectivity index (χ1) is 8.00. The molecule has 0 amide bonds. The van der Waals surface area contributed by atoms with Crippen LogP contribution < -0.4 is 11.1 Å². The van der Waals surface area contributed by atoms with E-state index in [0.717, 1.165) is 11.4 Å². The predicted molar refractivity (Wildman–Crippen MR) is 67.8 cm³/mol. The van der Waals surface area contributed by atoms with Gasteiger partial charge >= 0.3 is 0 Å². The highest BCUT2D eigenvalue weighted by molar-refractivity contribution is 7.10. The van der Waals surface area contributed by atoms with Gasteiger partial charge in [0.2, 0.25) is 0 Å². The minimum atomic E-state index is 0.0558. The summed E-state index contributed by atoms with van der Waals surface area (Å²) in [6.07, 6.45) is 1.20. The highest BCUT2D eigenvalue weighted by Crippen LogP contribution is 2.45. The standard InChI is InChI=1S/C11H16N4OS/c1-11(2)7(4-8(11)16-3)14-10-6(5-12)9(13)15-17-10/h7-8,14H,4H2,1-3H3,(H2,13,15). The van der Waals surface area contributed by atoms with Gasteiger partial charge in [0.1, 0.15) is 16.6 Å². The van der Waals surface area contributed by atoms with Gasteiger partial charge in [-0.1, -0.05) is 13.8 Å². The highest BCUT2D eigenvalue weighted by atomic mass is 32.1. The quantitative estimate of drug-likeness (QED) is 0.857. The van der Waals surface area contributed by atoms with Crippen LogP contribution in [0.1, 0.15) is 25.8 Å². The van der Waals surface area contributed by atoms with Crippen molar-refractivity contribution in [3.05, 3.63) is 5.56 Å². The molecule has 1 aromatic rings. The molecule has 17 heavy (non-hydrogen) atoms. The second-order valence-electron chi connectivity index (χ2n) is 4.86. The molecule has 0 saturated heterocycles. The number of nitriles is 1. The minimum absolute atomic E-state index is 0.0558. The van der Waals surface area contributed by atoms with E-state index in [2.05, 4.69) is 29.6 Å². The number of hydrogen-bond acceptors (Lipinski definition) is 6. The number of aromatic nitrogens is 1. The zero-order valence-electron chi connectivity index (χ0n) is 10.2. The molecule has 2 unspecified atom stereocenters. The van der Waals surface area contributed by atoms with Gasteiger partial charge in [-0.15, -0.1) is 0 Å². The molecule has 2 atom stereocenters. The minimum Gasteiger partial charge on any atom is -0.382 e. The Morgan fingerprint density at radius 2 is 2.35 bits per heavy atom. The molecule has 6 heteroatoms. The fourth-order valence-corrected chi connectivity index (χ4v) is 2.91. The van der Waals surface area contributed by atoms with E-state index in [9.17, 15) is 0 Å². The van der Waals surface area contributed by atoms with Crippen LogP contribution in [0.15, 0.2) is 0 Å². The molecule has 2 rings (SSSR count). The molecule has 5 nitrogen and oxygen atoms in total. The summed E-state index contributed by atoms with van der Waals surface area (Å²) in [4.78, 5) is 0. The number of methoxy groups -OCH3 is 1. The summed E-state index contributed by atoms with van der Waals surface area (Å²) >= 11 is 1.24. The van der Waals surface area contributed by atoms with Gasteiger partial charge in [0.05, 0.1) is 6.10 Å². The van der Waals surface area contributed by atoms with Crippen LogP contribution in [0, 0.1) is 16.7 Å². The zero-order valence-corrected chi connectivity index (χ0v) is 11.0. The molecule has 1 aromatic heterocycles. The van der Waals surface area contributed by atoms with E-state index in [1.807, 2.05) is 0 Å². The van der Waals surface area contributed by atoms with Crippen LogP contribution in [0.4, 0.5) is 10.8 Å². The van der Waals surface area contributed by atoms with E-state index in [-0.39, 0.29) is 11.5 Å². The Morgan fingerprint density at radius 3 is 2.88 bits per heavy atom. The molecule has 0 aromatic carbocycles. The average molecular weight is 252 g/mol. The number of nitrogens with two attached hydrogens (primary N) is 1. The monoisotopic (exact) mass is 252 g/mol. The van der Waals surface area contributed by atoms with Crippen molar-refractivity contribution in [3.8, 4) is 6.07 Å². The van der Waals surface area contributed by atoms with E-state index in [4.69, 9.17) is 15.7 Å². The third-order valence-electron chi connectivity index (χ3n) is 3.60. The first-order valence-electron chi connectivity index (χ1n) is 5.45. The van der Waals surface area contributed by atoms with Gasteiger partial charge in [-0.05, 0) is 18.0 Å². The van der Waals surface area contributed by atoms with Crippen LogP contribution >= 0.6 is 11.5 Å². The maximum absolute atomic E-state index is 8.99. The Balaban J connectivity index is 2.11. The summed E-state index contributed by atoms with van der Waals surface area (Å²) in [5.41, 5.74) is 6.13. The molecule has 0 spiro atoms. The van der Waals surface area contributed by atoms with Gasteiger partial charge < -0.3 is 15.8 Å². The normalized spacial score (nSPS) is 26.0. The summed E-state index contributed by atoms with van der Waals surface area (Å²) in [6, 6.07) is 2.37. The maximum atomic E-state index is 8.99. The first kappa shape index (κ1) is 12.1. The molecule has 1 aliphatic carbocycles. The van der Waals surface area contributed by atoms with Crippen molar-refractivity contribution in [1.29, 1.82) is 5.26 Å². The van der Waals surface area contributed by atoms with E-state index in [1.54, 1.807) is 7.11 Å². The van der Waals surface area contributed by atoms with Gasteiger partial charge in [0, 0.05) is 18.6 Å². The number of anilines is 2. The molecule has 1 aliphatic rings. The second-order valence-corrected chi connectivity index (χ2v) is 5.64. The lowest BCUT2D eigenvalue weighted by Gasteiger charge is -2.51. The average Bonchev–Trinajstić information content (AvgIpc) is 2.64. The Morgan fingerprint density at radius 1 is 1.65 bits per heavy atom. The molecule has 1 heterocycles. The van der Waals surface area contributed by atoms with E-state index < -0.39 is 0 Å². The lowest BCUT2D eigenvalue weighted by molar-refractivity contribution is -0.0793. The Kier molecular flexibility index (Phi) is 2.98. The molecule has 92 valence electrons. The van der Waals surface area contributed by atoms with Crippen molar-refractivity contribution < 1.29 is 4.74 Å². The van der Waals surface area contributed by atoms with Gasteiger partial charge in [-0.2, -0.15) is 9.64 Å². The van der Waals surface area contributed by atoms with Gasteiger partial charge in [0.25, 0.3) is 0 Å². The molecular formula is C11H16N4OS. The smallest absolute Gasteiger partial charge is 0.157 e. The zero-order chi connectivity index (χ0) is 12.6. The Bertz CT molecular complexity index is 463. The third kappa shape index (κ3) is 1.85. The fourth-order valence-electron chi connectivity index (χ4n) is 2.20. The number of ether oxygens (including phenoxy) is 1. The molecule has 0 aliphatic heterocycles. The van der Waals surface area contributed by atoms with Gasteiger partial charge in [0.15, 0.2) is 5.82 Å². The summed E-state index contributed by atoms with van der Waals surface area (Å²) in [5.74, 6) is 0.306. The number of nitrogens with zero attached hydrogens (tertiary/aromatic N) is 2. The lowest BCUT2D eigenvalue weighted by Crippen LogP contribution is -2.57. The van der Waals surface area contributed by atoms with Crippen molar-refractivity contribution in [2.24, 2.45) is 5.41 Å². The van der Waals surface area contributed by atoms with E-state index in [0.29, 0.717) is 17.4 Å². The second kappa shape index (κ2) is 4.17.